The second-order valence-electron chi connectivity index (χ2n) is 9.13. The van der Waals surface area contributed by atoms with Gasteiger partial charge in [-0.2, -0.15) is 0 Å². The van der Waals surface area contributed by atoms with E-state index in [9.17, 15) is 4.79 Å². The number of unbranched alkanes of at least 4 members (excludes halogenated alkanes) is 2. The van der Waals surface area contributed by atoms with E-state index < -0.39 is 0 Å². The quantitative estimate of drug-likeness (QED) is 0.444. The Morgan fingerprint density at radius 2 is 2.00 bits per heavy atom. The molecule has 2 aromatic rings. The summed E-state index contributed by atoms with van der Waals surface area (Å²) >= 11 is 1.71. The number of thiophene rings is 1. The average molecular weight is 483 g/mol. The van der Waals surface area contributed by atoms with Crippen LogP contribution in [0.1, 0.15) is 60.0 Å². The van der Waals surface area contributed by atoms with Crippen LogP contribution in [0.2, 0.25) is 0 Å². The highest BCUT2D eigenvalue weighted by atomic mass is 32.1. The summed E-state index contributed by atoms with van der Waals surface area (Å²) in [7, 11) is 4.05. The predicted octanol–water partition coefficient (Wildman–Crippen LogP) is 4.09. The number of nitrogens with zero attached hydrogens (tertiary/aromatic N) is 4. The van der Waals surface area contributed by atoms with Crippen molar-refractivity contribution in [2.75, 3.05) is 27.2 Å². The Morgan fingerprint density at radius 3 is 2.68 bits per heavy atom. The largest absolute Gasteiger partial charge is 0.387 e. The lowest BCUT2D eigenvalue weighted by atomic mass is 10.1. The van der Waals surface area contributed by atoms with Gasteiger partial charge in [0, 0.05) is 42.7 Å². The fourth-order valence-electron chi connectivity index (χ4n) is 4.03. The fraction of sp³-hybridized carbons (Fsp3) is 0.500. The maximum absolute atomic E-state index is 13.6. The first kappa shape index (κ1) is 26.1. The number of carbonyl (C=O) groups is 1. The second-order valence-corrected chi connectivity index (χ2v) is 10.3. The zero-order valence-electron chi connectivity index (χ0n) is 20.7. The number of hydrogen-bond donors (Lipinski definition) is 2. The van der Waals surface area contributed by atoms with E-state index in [-0.39, 0.29) is 5.91 Å². The van der Waals surface area contributed by atoms with Crippen LogP contribution in [0.15, 0.2) is 35.0 Å². The van der Waals surface area contributed by atoms with Crippen molar-refractivity contribution < 1.29 is 4.79 Å². The minimum Gasteiger partial charge on any atom is -0.387 e. The number of pyridine rings is 1. The van der Waals surface area contributed by atoms with E-state index in [4.69, 9.17) is 11.5 Å². The third-order valence-electron chi connectivity index (χ3n) is 5.65. The molecule has 34 heavy (non-hydrogen) atoms. The van der Waals surface area contributed by atoms with Gasteiger partial charge in [0.1, 0.15) is 5.84 Å². The van der Waals surface area contributed by atoms with Gasteiger partial charge in [0.15, 0.2) is 0 Å². The van der Waals surface area contributed by atoms with Gasteiger partial charge in [-0.1, -0.05) is 19.4 Å². The summed E-state index contributed by atoms with van der Waals surface area (Å²) in [5, 5.41) is 0. The zero-order valence-corrected chi connectivity index (χ0v) is 21.5. The van der Waals surface area contributed by atoms with E-state index in [1.807, 2.05) is 37.3 Å². The normalized spacial score (nSPS) is 13.3. The Labute approximate surface area is 207 Å². The van der Waals surface area contributed by atoms with Crippen LogP contribution >= 0.6 is 11.3 Å². The van der Waals surface area contributed by atoms with Crippen LogP contribution in [-0.2, 0) is 24.3 Å². The molecule has 184 valence electrons. The number of aliphatic imine (C=N–C) groups is 1. The monoisotopic (exact) mass is 482 g/mol. The van der Waals surface area contributed by atoms with Gasteiger partial charge in [0.25, 0.3) is 5.91 Å². The molecule has 0 aromatic carbocycles. The minimum absolute atomic E-state index is 0.0168. The lowest BCUT2D eigenvalue weighted by Gasteiger charge is -2.23. The molecule has 8 heteroatoms. The van der Waals surface area contributed by atoms with Crippen molar-refractivity contribution in [1.29, 1.82) is 0 Å². The molecule has 0 fully saturated rings. The standard InChI is InChI=1S/C26H38N6OS/c1-4-12-32(17-19-9-10-21(29-16-19)18-31(2)3)26(33)20-13-24-23(30-25(28)14-20)15-22(34-24)8-6-5-7-11-27/h9-10,13,15-16H,4-8,11-12,14,17-18,27H2,1-3H3,(H2,28,30). The van der Waals surface area contributed by atoms with E-state index in [1.165, 1.54) is 4.88 Å². The van der Waals surface area contributed by atoms with E-state index >= 15 is 0 Å². The van der Waals surface area contributed by atoms with Crippen molar-refractivity contribution in [2.24, 2.45) is 16.5 Å². The van der Waals surface area contributed by atoms with Gasteiger partial charge in [-0.05, 0) is 70.1 Å². The van der Waals surface area contributed by atoms with Crippen LogP contribution < -0.4 is 11.5 Å². The molecule has 4 N–H and O–H groups in total. The molecule has 2 aromatic heterocycles. The lowest BCUT2D eigenvalue weighted by Crippen LogP contribution is -2.33. The number of hydrogen-bond acceptors (Lipinski definition) is 7. The first-order valence-electron chi connectivity index (χ1n) is 12.1. The number of rotatable bonds is 12. The van der Waals surface area contributed by atoms with Crippen molar-refractivity contribution in [3.63, 3.8) is 0 Å². The van der Waals surface area contributed by atoms with Crippen LogP contribution in [0.5, 0.6) is 0 Å². The van der Waals surface area contributed by atoms with E-state index in [0.29, 0.717) is 30.9 Å². The van der Waals surface area contributed by atoms with Gasteiger partial charge >= 0.3 is 0 Å². The topological polar surface area (TPSA) is 101 Å². The van der Waals surface area contributed by atoms with Crippen LogP contribution in [0.3, 0.4) is 0 Å². The van der Waals surface area contributed by atoms with Crippen LogP contribution in [-0.4, -0.2) is 53.7 Å². The Hall–Kier alpha value is -2.55. The number of amidine groups is 1. The van der Waals surface area contributed by atoms with Gasteiger partial charge in [-0.15, -0.1) is 11.3 Å². The summed E-state index contributed by atoms with van der Waals surface area (Å²) in [6.45, 7) is 4.82. The number of amides is 1. The molecule has 0 bridgehead atoms. The molecule has 0 aliphatic carbocycles. The Morgan fingerprint density at radius 1 is 1.18 bits per heavy atom. The summed E-state index contributed by atoms with van der Waals surface area (Å²) in [4.78, 5) is 29.0. The molecular formula is C26H38N6OS. The lowest BCUT2D eigenvalue weighted by molar-refractivity contribution is -0.127. The third-order valence-corrected chi connectivity index (χ3v) is 6.78. The van der Waals surface area contributed by atoms with E-state index in [1.54, 1.807) is 11.3 Å². The predicted molar refractivity (Wildman–Crippen MR) is 142 cm³/mol. The number of carbonyl (C=O) groups excluding carboxylic acids is 1. The number of aromatic nitrogens is 1. The average Bonchev–Trinajstić information content (AvgIpc) is 3.09. The number of nitrogens with two attached hydrogens (primary N) is 2. The van der Waals surface area contributed by atoms with Gasteiger partial charge < -0.3 is 21.3 Å². The fourth-order valence-corrected chi connectivity index (χ4v) is 5.14. The third kappa shape index (κ3) is 7.48. The molecule has 1 amide bonds. The van der Waals surface area contributed by atoms with Crippen molar-refractivity contribution in [2.45, 2.75) is 58.5 Å². The molecule has 0 unspecified atom stereocenters. The van der Waals surface area contributed by atoms with Crippen LogP contribution in [0, 0.1) is 0 Å². The second kappa shape index (κ2) is 12.8. The Kier molecular flexibility index (Phi) is 9.80. The van der Waals surface area contributed by atoms with Gasteiger partial charge in [-0.3, -0.25) is 9.78 Å². The Bertz CT molecular complexity index is 1010. The van der Waals surface area contributed by atoms with Gasteiger partial charge in [-0.25, -0.2) is 4.99 Å². The molecule has 7 nitrogen and oxygen atoms in total. The summed E-state index contributed by atoms with van der Waals surface area (Å²) in [5.74, 6) is 0.500. The highest BCUT2D eigenvalue weighted by Gasteiger charge is 2.22. The van der Waals surface area contributed by atoms with Crippen molar-refractivity contribution in [1.82, 2.24) is 14.8 Å². The zero-order chi connectivity index (χ0) is 24.5. The Balaban J connectivity index is 1.76. The highest BCUT2D eigenvalue weighted by molar-refractivity contribution is 7.13. The summed E-state index contributed by atoms with van der Waals surface area (Å²) in [5.41, 5.74) is 15.4. The first-order valence-corrected chi connectivity index (χ1v) is 13.0. The summed E-state index contributed by atoms with van der Waals surface area (Å²) in [6, 6.07) is 6.21. The molecule has 0 spiro atoms. The number of aryl methyl sites for hydroxylation is 1. The summed E-state index contributed by atoms with van der Waals surface area (Å²) in [6.07, 6.45) is 9.41. The molecule has 0 saturated heterocycles. The molecule has 0 atom stereocenters. The van der Waals surface area contributed by atoms with Crippen molar-refractivity contribution >= 4 is 34.8 Å². The van der Waals surface area contributed by atoms with Crippen LogP contribution in [0.25, 0.3) is 6.08 Å². The molecule has 1 aliphatic heterocycles. The van der Waals surface area contributed by atoms with Gasteiger partial charge in [0.05, 0.1) is 16.3 Å². The first-order chi connectivity index (χ1) is 16.4. The molecule has 0 saturated carbocycles. The van der Waals surface area contributed by atoms with Crippen LogP contribution in [0.4, 0.5) is 5.69 Å². The molecule has 0 radical (unpaired) electrons. The smallest absolute Gasteiger partial charge is 0.250 e. The number of fused-ring (bicyclic) bond motifs is 1. The van der Waals surface area contributed by atoms with Crippen molar-refractivity contribution in [3.05, 3.63) is 51.0 Å². The maximum Gasteiger partial charge on any atom is 0.250 e. The molecule has 1 aliphatic rings. The minimum atomic E-state index is 0.0168. The van der Waals surface area contributed by atoms with Gasteiger partial charge in [0.2, 0.25) is 0 Å². The van der Waals surface area contributed by atoms with Crippen molar-refractivity contribution in [3.8, 4) is 0 Å². The van der Waals surface area contributed by atoms with E-state index in [0.717, 1.165) is 67.0 Å². The van der Waals surface area contributed by atoms with E-state index in [2.05, 4.69) is 33.9 Å². The highest BCUT2D eigenvalue weighted by Crippen LogP contribution is 2.35. The molecular weight excluding hydrogens is 444 g/mol. The SMILES string of the molecule is CCCN(Cc1ccc(CN(C)C)nc1)C(=O)C1=Cc2sc(CCCCCN)cc2N=C(N)C1. The molecule has 3 heterocycles. The molecule has 3 rings (SSSR count). The summed E-state index contributed by atoms with van der Waals surface area (Å²) < 4.78 is 0. The maximum atomic E-state index is 13.6.